The standard InChI is InChI=1S/C21H19FN4O/c22-18-12-23-10-9-17(18)21(27)24-15-5-7-16(8-6-15)26-20(14-3-4-14)11-19(25-26)13-1-2-13/h5-14H,1-4H2,(H,24,27). The summed E-state index contributed by atoms with van der Waals surface area (Å²) >= 11 is 0. The van der Waals surface area contributed by atoms with E-state index in [0.29, 0.717) is 17.5 Å². The molecular formula is C21H19FN4O. The largest absolute Gasteiger partial charge is 0.322 e. The molecule has 0 bridgehead atoms. The van der Waals surface area contributed by atoms with Gasteiger partial charge in [-0.2, -0.15) is 5.10 Å². The van der Waals surface area contributed by atoms with Crippen LogP contribution in [0.5, 0.6) is 0 Å². The highest BCUT2D eigenvalue weighted by atomic mass is 19.1. The summed E-state index contributed by atoms with van der Waals surface area (Å²) in [5, 5.41) is 7.55. The van der Waals surface area contributed by atoms with Gasteiger partial charge in [-0.1, -0.05) is 0 Å². The molecule has 0 spiro atoms. The predicted molar refractivity (Wildman–Crippen MR) is 99.7 cm³/mol. The number of carbonyl (C=O) groups is 1. The first-order valence-corrected chi connectivity index (χ1v) is 9.30. The molecule has 2 aliphatic rings. The fraction of sp³-hybridized carbons (Fsp3) is 0.286. The normalized spacial score (nSPS) is 16.3. The Kier molecular flexibility index (Phi) is 3.77. The van der Waals surface area contributed by atoms with Gasteiger partial charge in [-0.15, -0.1) is 0 Å². The van der Waals surface area contributed by atoms with E-state index in [-0.39, 0.29) is 5.56 Å². The lowest BCUT2D eigenvalue weighted by Gasteiger charge is -2.09. The van der Waals surface area contributed by atoms with E-state index >= 15 is 0 Å². The smallest absolute Gasteiger partial charge is 0.258 e. The number of rotatable bonds is 5. The van der Waals surface area contributed by atoms with Gasteiger partial charge in [0.25, 0.3) is 5.91 Å². The van der Waals surface area contributed by atoms with Crippen LogP contribution in [0.25, 0.3) is 5.69 Å². The van der Waals surface area contributed by atoms with Crippen molar-refractivity contribution in [3.8, 4) is 5.69 Å². The van der Waals surface area contributed by atoms with E-state index in [4.69, 9.17) is 5.10 Å². The minimum Gasteiger partial charge on any atom is -0.322 e. The zero-order chi connectivity index (χ0) is 18.4. The molecule has 1 amide bonds. The van der Waals surface area contributed by atoms with Crippen LogP contribution in [0.15, 0.2) is 48.8 Å². The highest BCUT2D eigenvalue weighted by Crippen LogP contribution is 2.45. The van der Waals surface area contributed by atoms with Gasteiger partial charge in [0, 0.05) is 29.4 Å². The van der Waals surface area contributed by atoms with Crippen molar-refractivity contribution >= 4 is 11.6 Å². The molecule has 0 atom stereocenters. The van der Waals surface area contributed by atoms with E-state index in [2.05, 4.69) is 16.4 Å². The number of anilines is 1. The summed E-state index contributed by atoms with van der Waals surface area (Å²) < 4.78 is 15.7. The highest BCUT2D eigenvalue weighted by molar-refractivity contribution is 6.04. The van der Waals surface area contributed by atoms with Gasteiger partial charge in [0.1, 0.15) is 0 Å². The Morgan fingerprint density at radius 1 is 1.07 bits per heavy atom. The van der Waals surface area contributed by atoms with Crippen LogP contribution in [0.2, 0.25) is 0 Å². The van der Waals surface area contributed by atoms with Crippen molar-refractivity contribution in [2.75, 3.05) is 5.32 Å². The number of nitrogens with zero attached hydrogens (tertiary/aromatic N) is 3. The molecule has 2 aromatic heterocycles. The van der Waals surface area contributed by atoms with Crippen LogP contribution >= 0.6 is 0 Å². The molecule has 5 rings (SSSR count). The fourth-order valence-electron chi connectivity index (χ4n) is 3.31. The summed E-state index contributed by atoms with van der Waals surface area (Å²) in [6.07, 6.45) is 7.35. The number of halogens is 1. The minimum atomic E-state index is -0.634. The molecular weight excluding hydrogens is 343 g/mol. The summed E-state index contributed by atoms with van der Waals surface area (Å²) in [4.78, 5) is 15.9. The van der Waals surface area contributed by atoms with Crippen molar-refractivity contribution in [3.63, 3.8) is 0 Å². The van der Waals surface area contributed by atoms with Crippen LogP contribution in [0, 0.1) is 5.82 Å². The van der Waals surface area contributed by atoms with E-state index in [9.17, 15) is 9.18 Å². The molecule has 5 nitrogen and oxygen atoms in total. The van der Waals surface area contributed by atoms with Crippen LogP contribution in [-0.4, -0.2) is 20.7 Å². The predicted octanol–water partition coefficient (Wildman–Crippen LogP) is 4.41. The number of hydrogen-bond donors (Lipinski definition) is 1. The lowest BCUT2D eigenvalue weighted by Crippen LogP contribution is -2.14. The number of pyridine rings is 1. The van der Waals surface area contributed by atoms with E-state index in [0.717, 1.165) is 11.9 Å². The van der Waals surface area contributed by atoms with Gasteiger partial charge in [0.05, 0.1) is 23.1 Å². The number of hydrogen-bond acceptors (Lipinski definition) is 3. The summed E-state index contributed by atoms with van der Waals surface area (Å²) in [5.74, 6) is 0.109. The van der Waals surface area contributed by atoms with Gasteiger partial charge in [0.15, 0.2) is 5.82 Å². The Labute approximate surface area is 156 Å². The SMILES string of the molecule is O=C(Nc1ccc(-n2nc(C3CC3)cc2C2CC2)cc1)c1ccncc1F. The van der Waals surface area contributed by atoms with E-state index < -0.39 is 11.7 Å². The third-order valence-corrected chi connectivity index (χ3v) is 5.13. The van der Waals surface area contributed by atoms with Crippen molar-refractivity contribution in [2.24, 2.45) is 0 Å². The topological polar surface area (TPSA) is 59.8 Å². The van der Waals surface area contributed by atoms with Crippen molar-refractivity contribution < 1.29 is 9.18 Å². The number of amides is 1. The van der Waals surface area contributed by atoms with Gasteiger partial charge < -0.3 is 5.32 Å². The number of benzene rings is 1. The molecule has 0 aliphatic heterocycles. The molecule has 2 fully saturated rings. The summed E-state index contributed by atoms with van der Waals surface area (Å²) in [5.41, 5.74) is 4.06. The third-order valence-electron chi connectivity index (χ3n) is 5.13. The van der Waals surface area contributed by atoms with Gasteiger partial charge in [-0.05, 0) is 62.1 Å². The lowest BCUT2D eigenvalue weighted by atomic mass is 10.2. The zero-order valence-corrected chi connectivity index (χ0v) is 14.7. The molecule has 0 saturated heterocycles. The van der Waals surface area contributed by atoms with E-state index in [1.165, 1.54) is 49.3 Å². The summed E-state index contributed by atoms with van der Waals surface area (Å²) in [7, 11) is 0. The number of nitrogens with one attached hydrogen (secondary N) is 1. The summed E-state index contributed by atoms with van der Waals surface area (Å²) in [6, 6.07) is 11.1. The third kappa shape index (κ3) is 3.23. The Hall–Kier alpha value is -3.02. The number of aromatic nitrogens is 3. The molecule has 3 aromatic rings. The maximum Gasteiger partial charge on any atom is 0.258 e. The van der Waals surface area contributed by atoms with Crippen molar-refractivity contribution in [1.82, 2.24) is 14.8 Å². The first-order valence-electron chi connectivity index (χ1n) is 9.30. The van der Waals surface area contributed by atoms with E-state index in [1.54, 1.807) is 0 Å². The van der Waals surface area contributed by atoms with Crippen LogP contribution in [0.3, 0.4) is 0 Å². The maximum atomic E-state index is 13.7. The molecule has 136 valence electrons. The van der Waals surface area contributed by atoms with Crippen molar-refractivity contribution in [2.45, 2.75) is 37.5 Å². The van der Waals surface area contributed by atoms with Gasteiger partial charge >= 0.3 is 0 Å². The van der Waals surface area contributed by atoms with Crippen LogP contribution in [0.1, 0.15) is 59.3 Å². The molecule has 0 radical (unpaired) electrons. The quantitative estimate of drug-likeness (QED) is 0.731. The Bertz CT molecular complexity index is 1000. The maximum absolute atomic E-state index is 13.7. The van der Waals surface area contributed by atoms with Gasteiger partial charge in [-0.25, -0.2) is 9.07 Å². The monoisotopic (exact) mass is 362 g/mol. The minimum absolute atomic E-state index is 0.0220. The Morgan fingerprint density at radius 2 is 1.81 bits per heavy atom. The molecule has 2 aliphatic carbocycles. The van der Waals surface area contributed by atoms with Crippen LogP contribution < -0.4 is 5.32 Å². The fourth-order valence-corrected chi connectivity index (χ4v) is 3.31. The average molecular weight is 362 g/mol. The Morgan fingerprint density at radius 3 is 2.48 bits per heavy atom. The molecule has 1 aromatic carbocycles. The summed E-state index contributed by atoms with van der Waals surface area (Å²) in [6.45, 7) is 0. The zero-order valence-electron chi connectivity index (χ0n) is 14.7. The molecule has 0 unspecified atom stereocenters. The van der Waals surface area contributed by atoms with E-state index in [1.807, 2.05) is 28.9 Å². The molecule has 27 heavy (non-hydrogen) atoms. The molecule has 6 heteroatoms. The first-order chi connectivity index (χ1) is 13.2. The first kappa shape index (κ1) is 16.2. The number of carbonyl (C=O) groups excluding carboxylic acids is 1. The van der Waals surface area contributed by atoms with Crippen LogP contribution in [0.4, 0.5) is 10.1 Å². The second-order valence-corrected chi connectivity index (χ2v) is 7.31. The van der Waals surface area contributed by atoms with Crippen molar-refractivity contribution in [1.29, 1.82) is 0 Å². The van der Waals surface area contributed by atoms with Crippen LogP contribution in [-0.2, 0) is 0 Å². The lowest BCUT2D eigenvalue weighted by molar-refractivity contribution is 0.102. The van der Waals surface area contributed by atoms with Crippen molar-refractivity contribution in [3.05, 3.63) is 71.6 Å². The molecule has 2 saturated carbocycles. The molecule has 1 N–H and O–H groups in total. The van der Waals surface area contributed by atoms with Gasteiger partial charge in [0.2, 0.25) is 0 Å². The second-order valence-electron chi connectivity index (χ2n) is 7.31. The average Bonchev–Trinajstić information content (AvgIpc) is 3.61. The van der Waals surface area contributed by atoms with Gasteiger partial charge in [-0.3, -0.25) is 9.78 Å². The second kappa shape index (κ2) is 6.30. The molecule has 2 heterocycles. The highest BCUT2D eigenvalue weighted by Gasteiger charge is 2.32. The Balaban J connectivity index is 1.38.